The van der Waals surface area contributed by atoms with Gasteiger partial charge in [-0.1, -0.05) is 32.9 Å². The second-order valence-electron chi connectivity index (χ2n) is 6.99. The largest absolute Gasteiger partial charge is 0.494 e. The van der Waals surface area contributed by atoms with Crippen LogP contribution in [0.1, 0.15) is 39.7 Å². The number of rotatable bonds is 6. The summed E-state index contributed by atoms with van der Waals surface area (Å²) in [5, 5.41) is 4.02. The van der Waals surface area contributed by atoms with Crippen LogP contribution in [0.15, 0.2) is 53.9 Å². The first-order chi connectivity index (χ1) is 11.8. The Labute approximate surface area is 149 Å². The molecule has 134 valence electrons. The first kappa shape index (κ1) is 18.8. The summed E-state index contributed by atoms with van der Waals surface area (Å²) in [4.78, 5) is 11.8. The summed E-state index contributed by atoms with van der Waals surface area (Å²) < 4.78 is 10.8. The predicted octanol–water partition coefficient (Wildman–Crippen LogP) is 3.71. The number of ether oxygens (including phenoxy) is 2. The molecule has 1 amide bonds. The van der Waals surface area contributed by atoms with Crippen LogP contribution in [0.25, 0.3) is 0 Å². The summed E-state index contributed by atoms with van der Waals surface area (Å²) in [7, 11) is 0. The molecule has 0 spiro atoms. The second-order valence-corrected chi connectivity index (χ2v) is 6.99. The zero-order valence-corrected chi connectivity index (χ0v) is 15.3. The molecule has 0 aromatic heterocycles. The van der Waals surface area contributed by atoms with E-state index in [1.54, 1.807) is 6.26 Å². The molecule has 5 heteroatoms. The number of benzene rings is 1. The van der Waals surface area contributed by atoms with Crippen molar-refractivity contribution in [2.45, 2.75) is 45.6 Å². The van der Waals surface area contributed by atoms with Crippen molar-refractivity contribution in [3.05, 3.63) is 54.3 Å². The topological polar surface area (TPSA) is 59.9 Å². The van der Waals surface area contributed by atoms with Crippen molar-refractivity contribution < 1.29 is 14.3 Å². The highest BCUT2D eigenvalue weighted by molar-refractivity contribution is 5.93. The highest BCUT2D eigenvalue weighted by Crippen LogP contribution is 2.24. The van der Waals surface area contributed by atoms with Gasteiger partial charge in [0.15, 0.2) is 6.61 Å². The molecule has 0 aliphatic carbocycles. The molecular weight excluding hydrogens is 316 g/mol. The minimum Gasteiger partial charge on any atom is -0.494 e. The fourth-order valence-electron chi connectivity index (χ4n) is 2.19. The van der Waals surface area contributed by atoms with Gasteiger partial charge in [0, 0.05) is 6.42 Å². The van der Waals surface area contributed by atoms with E-state index in [1.807, 2.05) is 49.4 Å². The maximum atomic E-state index is 11.8. The van der Waals surface area contributed by atoms with Gasteiger partial charge in [0.1, 0.15) is 11.9 Å². The SMILES string of the molecule is CC(/C=C/C1CC=CO1)=N\NC(=O)COc1ccc(C(C)(C)C)cc1. The van der Waals surface area contributed by atoms with E-state index in [0.717, 1.165) is 6.42 Å². The van der Waals surface area contributed by atoms with E-state index in [1.165, 1.54) is 5.56 Å². The molecule has 0 bridgehead atoms. The van der Waals surface area contributed by atoms with Crippen LogP contribution in [0.5, 0.6) is 5.75 Å². The molecule has 2 rings (SSSR count). The quantitative estimate of drug-likeness (QED) is 0.633. The Kier molecular flexibility index (Phi) is 6.39. The molecule has 1 aliphatic rings. The minimum absolute atomic E-state index is 0.0558. The number of hydrogen-bond donors (Lipinski definition) is 1. The predicted molar refractivity (Wildman–Crippen MR) is 99.7 cm³/mol. The monoisotopic (exact) mass is 342 g/mol. The molecule has 1 heterocycles. The number of amides is 1. The molecular formula is C20H26N2O3. The van der Waals surface area contributed by atoms with Gasteiger partial charge in [-0.3, -0.25) is 4.79 Å². The van der Waals surface area contributed by atoms with Crippen LogP contribution in [0.2, 0.25) is 0 Å². The molecule has 1 aliphatic heterocycles. The van der Waals surface area contributed by atoms with Crippen molar-refractivity contribution >= 4 is 11.6 Å². The van der Waals surface area contributed by atoms with Crippen molar-refractivity contribution in [3.8, 4) is 5.75 Å². The molecule has 5 nitrogen and oxygen atoms in total. The van der Waals surface area contributed by atoms with Gasteiger partial charge in [-0.25, -0.2) is 5.43 Å². The summed E-state index contributed by atoms with van der Waals surface area (Å²) in [6.07, 6.45) is 8.31. The molecule has 0 radical (unpaired) electrons. The third-order valence-electron chi connectivity index (χ3n) is 3.72. The van der Waals surface area contributed by atoms with E-state index in [9.17, 15) is 4.79 Å². The third kappa shape index (κ3) is 6.45. The Bertz CT molecular complexity index is 659. The maximum absolute atomic E-state index is 11.8. The van der Waals surface area contributed by atoms with E-state index in [-0.39, 0.29) is 24.0 Å². The van der Waals surface area contributed by atoms with Gasteiger partial charge < -0.3 is 9.47 Å². The summed E-state index contributed by atoms with van der Waals surface area (Å²) >= 11 is 0. The molecule has 0 saturated heterocycles. The molecule has 1 unspecified atom stereocenters. The number of carbonyl (C=O) groups is 1. The van der Waals surface area contributed by atoms with Crippen molar-refractivity contribution in [2.75, 3.05) is 6.61 Å². The zero-order chi connectivity index (χ0) is 18.3. The van der Waals surface area contributed by atoms with Gasteiger partial charge >= 0.3 is 0 Å². The minimum atomic E-state index is -0.300. The van der Waals surface area contributed by atoms with E-state index in [4.69, 9.17) is 9.47 Å². The number of hydrogen-bond acceptors (Lipinski definition) is 4. The Morgan fingerprint density at radius 1 is 1.36 bits per heavy atom. The third-order valence-corrected chi connectivity index (χ3v) is 3.72. The highest BCUT2D eigenvalue weighted by Gasteiger charge is 2.13. The van der Waals surface area contributed by atoms with Crippen LogP contribution < -0.4 is 10.2 Å². The van der Waals surface area contributed by atoms with E-state index >= 15 is 0 Å². The van der Waals surface area contributed by atoms with Gasteiger partial charge in [0.05, 0.1) is 12.0 Å². The van der Waals surface area contributed by atoms with Crippen LogP contribution in [0.3, 0.4) is 0 Å². The molecule has 1 aromatic rings. The average Bonchev–Trinajstić information content (AvgIpc) is 3.09. The molecule has 1 N–H and O–H groups in total. The van der Waals surface area contributed by atoms with E-state index in [2.05, 4.69) is 31.3 Å². The van der Waals surface area contributed by atoms with Crippen LogP contribution in [-0.4, -0.2) is 24.3 Å². The highest BCUT2D eigenvalue weighted by atomic mass is 16.5. The van der Waals surface area contributed by atoms with Crippen LogP contribution >= 0.6 is 0 Å². The average molecular weight is 342 g/mol. The van der Waals surface area contributed by atoms with Crippen molar-refractivity contribution in [3.63, 3.8) is 0 Å². The second kappa shape index (κ2) is 8.51. The van der Waals surface area contributed by atoms with E-state index in [0.29, 0.717) is 11.5 Å². The molecule has 1 atom stereocenters. The lowest BCUT2D eigenvalue weighted by Crippen LogP contribution is -2.25. The van der Waals surface area contributed by atoms with Gasteiger partial charge in [0.25, 0.3) is 5.91 Å². The van der Waals surface area contributed by atoms with Crippen molar-refractivity contribution in [1.82, 2.24) is 5.43 Å². The fourth-order valence-corrected chi connectivity index (χ4v) is 2.19. The number of carbonyl (C=O) groups excluding carboxylic acids is 1. The molecule has 0 fully saturated rings. The molecule has 0 saturated carbocycles. The summed E-state index contributed by atoms with van der Waals surface area (Å²) in [5.41, 5.74) is 4.49. The number of nitrogens with zero attached hydrogens (tertiary/aromatic N) is 1. The van der Waals surface area contributed by atoms with Gasteiger partial charge in [-0.05, 0) is 48.3 Å². The number of allylic oxidation sites excluding steroid dienone is 1. The normalized spacial score (nSPS) is 17.6. The van der Waals surface area contributed by atoms with Crippen molar-refractivity contribution in [2.24, 2.45) is 5.10 Å². The maximum Gasteiger partial charge on any atom is 0.277 e. The first-order valence-electron chi connectivity index (χ1n) is 8.40. The molecule has 25 heavy (non-hydrogen) atoms. The lowest BCUT2D eigenvalue weighted by Gasteiger charge is -2.19. The van der Waals surface area contributed by atoms with Crippen LogP contribution in [0.4, 0.5) is 0 Å². The standard InChI is InChI=1S/C20H26N2O3/c1-15(7-10-17-6-5-13-24-17)21-22-19(23)14-25-18-11-8-16(9-12-18)20(2,3)4/h5,7-13,17H,6,14H2,1-4H3,(H,22,23)/b10-7+,21-15+. The number of hydrazone groups is 1. The van der Waals surface area contributed by atoms with Crippen molar-refractivity contribution in [1.29, 1.82) is 0 Å². The zero-order valence-electron chi connectivity index (χ0n) is 15.3. The lowest BCUT2D eigenvalue weighted by atomic mass is 9.87. The van der Waals surface area contributed by atoms with Gasteiger partial charge in [0.2, 0.25) is 0 Å². The van der Waals surface area contributed by atoms with Gasteiger partial charge in [-0.15, -0.1) is 0 Å². The summed E-state index contributed by atoms with van der Waals surface area (Å²) in [6, 6.07) is 7.78. The smallest absolute Gasteiger partial charge is 0.277 e. The Morgan fingerprint density at radius 3 is 2.68 bits per heavy atom. The molecule has 1 aromatic carbocycles. The summed E-state index contributed by atoms with van der Waals surface area (Å²) in [5.74, 6) is 0.362. The van der Waals surface area contributed by atoms with Crippen LogP contribution in [0, 0.1) is 0 Å². The summed E-state index contributed by atoms with van der Waals surface area (Å²) in [6.45, 7) is 8.19. The lowest BCUT2D eigenvalue weighted by molar-refractivity contribution is -0.123. The van der Waals surface area contributed by atoms with Crippen LogP contribution in [-0.2, 0) is 14.9 Å². The Hall–Kier alpha value is -2.56. The Morgan fingerprint density at radius 2 is 2.08 bits per heavy atom. The van der Waals surface area contributed by atoms with E-state index < -0.39 is 0 Å². The Balaban J connectivity index is 1.75. The van der Waals surface area contributed by atoms with Gasteiger partial charge in [-0.2, -0.15) is 5.10 Å². The number of nitrogens with one attached hydrogen (secondary N) is 1. The first-order valence-corrected chi connectivity index (χ1v) is 8.40. The fraction of sp³-hybridized carbons (Fsp3) is 0.400.